The fourth-order valence-corrected chi connectivity index (χ4v) is 1.32. The van der Waals surface area contributed by atoms with Gasteiger partial charge in [-0.3, -0.25) is 9.59 Å². The third kappa shape index (κ3) is 4.57. The van der Waals surface area contributed by atoms with Gasteiger partial charge in [0.2, 0.25) is 0 Å². The van der Waals surface area contributed by atoms with Crippen LogP contribution in [0.2, 0.25) is 0 Å². The molecule has 18 heavy (non-hydrogen) atoms. The first kappa shape index (κ1) is 14.2. The Balaban J connectivity index is 2.23. The van der Waals surface area contributed by atoms with Gasteiger partial charge in [-0.2, -0.15) is 0 Å². The average molecular weight is 249 g/mol. The molecule has 1 amide bonds. The number of ether oxygens (including phenoxy) is 1. The van der Waals surface area contributed by atoms with Gasteiger partial charge in [-0.15, -0.1) is 0 Å². The van der Waals surface area contributed by atoms with E-state index >= 15 is 0 Å². The first-order valence-corrected chi connectivity index (χ1v) is 6.15. The molecule has 0 aliphatic carbocycles. The summed E-state index contributed by atoms with van der Waals surface area (Å²) in [6.07, 6.45) is 0.759. The van der Waals surface area contributed by atoms with Crippen molar-refractivity contribution in [3.63, 3.8) is 0 Å². The highest BCUT2D eigenvalue weighted by Crippen LogP contribution is 2.02. The summed E-state index contributed by atoms with van der Waals surface area (Å²) in [5, 5.41) is 2.70. The summed E-state index contributed by atoms with van der Waals surface area (Å²) in [7, 11) is 0. The quantitative estimate of drug-likeness (QED) is 0.619. The fraction of sp³-hybridized carbons (Fsp3) is 0.429. The molecule has 0 heterocycles. The molecule has 1 aromatic carbocycles. The Labute approximate surface area is 107 Å². The summed E-state index contributed by atoms with van der Waals surface area (Å²) in [6.45, 7) is 4.30. The third-order valence-corrected chi connectivity index (χ3v) is 2.68. The molecular formula is C14H19NO3. The van der Waals surface area contributed by atoms with Crippen LogP contribution in [-0.2, 0) is 9.53 Å². The number of hydrogen-bond donors (Lipinski definition) is 1. The van der Waals surface area contributed by atoms with Gasteiger partial charge in [0.1, 0.15) is 6.61 Å². The Kier molecular flexibility index (Phi) is 5.91. The predicted octanol–water partition coefficient (Wildman–Crippen LogP) is 2.01. The van der Waals surface area contributed by atoms with Crippen LogP contribution in [0.15, 0.2) is 30.3 Å². The molecule has 1 unspecified atom stereocenters. The Morgan fingerprint density at radius 2 is 1.94 bits per heavy atom. The number of esters is 1. The van der Waals surface area contributed by atoms with E-state index in [2.05, 4.69) is 5.32 Å². The summed E-state index contributed by atoms with van der Waals surface area (Å²) in [4.78, 5) is 23.0. The van der Waals surface area contributed by atoms with Crippen molar-refractivity contribution in [2.75, 3.05) is 13.2 Å². The zero-order valence-electron chi connectivity index (χ0n) is 10.8. The summed E-state index contributed by atoms with van der Waals surface area (Å²) >= 11 is 0. The van der Waals surface area contributed by atoms with Crippen molar-refractivity contribution in [3.8, 4) is 0 Å². The highest BCUT2D eigenvalue weighted by Gasteiger charge is 2.11. The van der Waals surface area contributed by atoms with E-state index in [1.807, 2.05) is 19.9 Å². The maximum atomic E-state index is 11.6. The summed E-state index contributed by atoms with van der Waals surface area (Å²) < 4.78 is 5.03. The van der Waals surface area contributed by atoms with Crippen LogP contribution in [-0.4, -0.2) is 25.0 Å². The molecule has 0 saturated carbocycles. The number of nitrogens with one attached hydrogen (secondary N) is 1. The minimum absolute atomic E-state index is 0.0881. The van der Waals surface area contributed by atoms with Gasteiger partial charge in [0.15, 0.2) is 0 Å². The second-order valence-electron chi connectivity index (χ2n) is 4.10. The van der Waals surface area contributed by atoms with E-state index in [-0.39, 0.29) is 24.4 Å². The molecule has 1 N–H and O–H groups in total. The van der Waals surface area contributed by atoms with Gasteiger partial charge in [-0.05, 0) is 18.6 Å². The van der Waals surface area contributed by atoms with E-state index in [4.69, 9.17) is 4.74 Å². The number of amides is 1. The second kappa shape index (κ2) is 7.48. The van der Waals surface area contributed by atoms with Crippen LogP contribution in [0.5, 0.6) is 0 Å². The Morgan fingerprint density at radius 1 is 1.28 bits per heavy atom. The molecule has 0 fully saturated rings. The van der Waals surface area contributed by atoms with Crippen LogP contribution in [0, 0.1) is 5.92 Å². The van der Waals surface area contributed by atoms with Gasteiger partial charge >= 0.3 is 5.97 Å². The maximum Gasteiger partial charge on any atom is 0.308 e. The Hall–Kier alpha value is -1.84. The van der Waals surface area contributed by atoms with E-state index in [1.165, 1.54) is 0 Å². The molecular weight excluding hydrogens is 230 g/mol. The zero-order valence-corrected chi connectivity index (χ0v) is 10.8. The lowest BCUT2D eigenvalue weighted by molar-refractivity contribution is -0.147. The minimum Gasteiger partial charge on any atom is -0.464 e. The first-order valence-electron chi connectivity index (χ1n) is 6.15. The second-order valence-corrected chi connectivity index (χ2v) is 4.10. The first-order chi connectivity index (χ1) is 8.65. The van der Waals surface area contributed by atoms with E-state index in [0.29, 0.717) is 12.1 Å². The van der Waals surface area contributed by atoms with Gasteiger partial charge in [0.25, 0.3) is 5.91 Å². The largest absolute Gasteiger partial charge is 0.464 e. The molecule has 98 valence electrons. The number of benzene rings is 1. The van der Waals surface area contributed by atoms with Crippen LogP contribution in [0.4, 0.5) is 0 Å². The van der Waals surface area contributed by atoms with Crippen molar-refractivity contribution in [3.05, 3.63) is 35.9 Å². The predicted molar refractivity (Wildman–Crippen MR) is 69.2 cm³/mol. The number of carbonyl (C=O) groups excluding carboxylic acids is 2. The molecule has 4 nitrogen and oxygen atoms in total. The topological polar surface area (TPSA) is 55.4 Å². The van der Waals surface area contributed by atoms with Gasteiger partial charge in [-0.25, -0.2) is 0 Å². The van der Waals surface area contributed by atoms with Crippen LogP contribution < -0.4 is 5.32 Å². The molecule has 0 aliphatic heterocycles. The summed E-state index contributed by atoms with van der Waals surface area (Å²) in [6, 6.07) is 8.93. The summed E-state index contributed by atoms with van der Waals surface area (Å²) in [5.41, 5.74) is 0.603. The molecule has 0 aliphatic rings. The fourth-order valence-electron chi connectivity index (χ4n) is 1.32. The van der Waals surface area contributed by atoms with E-state index in [1.54, 1.807) is 24.3 Å². The number of rotatable bonds is 6. The van der Waals surface area contributed by atoms with Gasteiger partial charge in [0, 0.05) is 5.56 Å². The Bertz CT molecular complexity index is 389. The van der Waals surface area contributed by atoms with Crippen molar-refractivity contribution >= 4 is 11.9 Å². The summed E-state index contributed by atoms with van der Waals surface area (Å²) in [5.74, 6) is -0.462. The lowest BCUT2D eigenvalue weighted by atomic mass is 10.1. The minimum atomic E-state index is -0.216. The zero-order chi connectivity index (χ0) is 13.4. The van der Waals surface area contributed by atoms with Gasteiger partial charge in [0.05, 0.1) is 12.5 Å². The SMILES string of the molecule is CCC(C)C(=O)OCCNC(=O)c1ccccc1. The van der Waals surface area contributed by atoms with E-state index in [0.717, 1.165) is 6.42 Å². The molecule has 1 aromatic rings. The molecule has 1 atom stereocenters. The molecule has 4 heteroatoms. The highest BCUT2D eigenvalue weighted by molar-refractivity contribution is 5.94. The molecule has 0 radical (unpaired) electrons. The number of hydrogen-bond acceptors (Lipinski definition) is 3. The van der Waals surface area contributed by atoms with Gasteiger partial charge in [-0.1, -0.05) is 32.0 Å². The molecule has 0 spiro atoms. The van der Waals surface area contributed by atoms with E-state index < -0.39 is 0 Å². The van der Waals surface area contributed by atoms with Crippen molar-refractivity contribution < 1.29 is 14.3 Å². The lowest BCUT2D eigenvalue weighted by Gasteiger charge is -2.09. The van der Waals surface area contributed by atoms with Crippen LogP contribution in [0.1, 0.15) is 30.6 Å². The third-order valence-electron chi connectivity index (χ3n) is 2.68. The molecule has 1 rings (SSSR count). The van der Waals surface area contributed by atoms with Crippen LogP contribution in [0.25, 0.3) is 0 Å². The van der Waals surface area contributed by atoms with Crippen LogP contribution in [0.3, 0.4) is 0 Å². The molecule has 0 saturated heterocycles. The normalized spacial score (nSPS) is 11.7. The standard InChI is InChI=1S/C14H19NO3/c1-3-11(2)14(17)18-10-9-15-13(16)12-7-5-4-6-8-12/h4-8,11H,3,9-10H2,1-2H3,(H,15,16). The molecule has 0 bridgehead atoms. The average Bonchev–Trinajstić information content (AvgIpc) is 2.43. The van der Waals surface area contributed by atoms with Crippen molar-refractivity contribution in [2.45, 2.75) is 20.3 Å². The van der Waals surface area contributed by atoms with Crippen LogP contribution >= 0.6 is 0 Å². The van der Waals surface area contributed by atoms with Crippen molar-refractivity contribution in [2.24, 2.45) is 5.92 Å². The smallest absolute Gasteiger partial charge is 0.308 e. The molecule has 0 aromatic heterocycles. The lowest BCUT2D eigenvalue weighted by Crippen LogP contribution is -2.28. The monoisotopic (exact) mass is 249 g/mol. The van der Waals surface area contributed by atoms with Crippen molar-refractivity contribution in [1.29, 1.82) is 0 Å². The van der Waals surface area contributed by atoms with Gasteiger partial charge < -0.3 is 10.1 Å². The number of carbonyl (C=O) groups is 2. The maximum absolute atomic E-state index is 11.6. The Morgan fingerprint density at radius 3 is 2.56 bits per heavy atom. The van der Waals surface area contributed by atoms with Crippen molar-refractivity contribution in [1.82, 2.24) is 5.32 Å². The highest BCUT2D eigenvalue weighted by atomic mass is 16.5. The van der Waals surface area contributed by atoms with E-state index in [9.17, 15) is 9.59 Å².